The largest absolute Gasteiger partial charge is 0.312 e. The van der Waals surface area contributed by atoms with Gasteiger partial charge in [0.2, 0.25) is 5.91 Å². The second-order valence-electron chi connectivity index (χ2n) is 8.10. The topological polar surface area (TPSA) is 68.1 Å². The lowest BCUT2D eigenvalue weighted by molar-refractivity contribution is -0.116. The third-order valence-electron chi connectivity index (χ3n) is 5.84. The first kappa shape index (κ1) is 17.9. The first-order valence-corrected chi connectivity index (χ1v) is 11.0. The van der Waals surface area contributed by atoms with E-state index in [4.69, 9.17) is 0 Å². The fraction of sp³-hybridized carbons (Fsp3) is 0.524. The smallest absolute Gasteiger partial charge is 0.223 e. The number of nitrogens with zero attached hydrogens (tertiary/aromatic N) is 4. The van der Waals surface area contributed by atoms with Crippen molar-refractivity contribution in [2.45, 2.75) is 68.3 Å². The van der Waals surface area contributed by atoms with Crippen molar-refractivity contribution in [2.24, 2.45) is 0 Å². The number of hydrogen-bond donors (Lipinski definition) is 0. The molecule has 1 unspecified atom stereocenters. The number of amides is 1. The van der Waals surface area contributed by atoms with E-state index < -0.39 is 0 Å². The Bertz CT molecular complexity index is 961. The van der Waals surface area contributed by atoms with E-state index in [1.807, 2.05) is 25.1 Å². The predicted molar refractivity (Wildman–Crippen MR) is 108 cm³/mol. The third kappa shape index (κ3) is 3.15. The highest BCUT2D eigenvalue weighted by Crippen LogP contribution is 2.46. The molecule has 1 aromatic carbocycles. The number of ketones is 1. The van der Waals surface area contributed by atoms with Crippen LogP contribution in [0.5, 0.6) is 0 Å². The monoisotopic (exact) mass is 396 g/mol. The summed E-state index contributed by atoms with van der Waals surface area (Å²) in [6.45, 7) is 4.23. The highest BCUT2D eigenvalue weighted by molar-refractivity contribution is 8.00. The molecule has 0 spiro atoms. The maximum absolute atomic E-state index is 13.1. The van der Waals surface area contributed by atoms with Crippen molar-refractivity contribution in [3.05, 3.63) is 35.2 Å². The van der Waals surface area contributed by atoms with Crippen LogP contribution in [0.2, 0.25) is 0 Å². The number of aromatic nitrogens is 3. The van der Waals surface area contributed by atoms with E-state index in [0.29, 0.717) is 24.1 Å². The summed E-state index contributed by atoms with van der Waals surface area (Å²) < 4.78 is 2.29. The average Bonchev–Trinajstić information content (AvgIpc) is 3.61. The summed E-state index contributed by atoms with van der Waals surface area (Å²) in [6, 6.07) is 6.24. The first-order valence-electron chi connectivity index (χ1n) is 10.1. The molecular formula is C21H24N4O2S. The third-order valence-corrected chi connectivity index (χ3v) is 6.89. The van der Waals surface area contributed by atoms with Gasteiger partial charge in [0.25, 0.3) is 0 Å². The minimum Gasteiger partial charge on any atom is -0.312 e. The zero-order chi connectivity index (χ0) is 19.4. The Morgan fingerprint density at radius 1 is 1.18 bits per heavy atom. The number of fused-ring (bicyclic) bond motifs is 1. The van der Waals surface area contributed by atoms with E-state index in [-0.39, 0.29) is 16.9 Å². The fourth-order valence-electron chi connectivity index (χ4n) is 3.99. The molecule has 0 bridgehead atoms. The minimum absolute atomic E-state index is 0.0487. The van der Waals surface area contributed by atoms with E-state index in [0.717, 1.165) is 28.7 Å². The van der Waals surface area contributed by atoms with E-state index in [9.17, 15) is 9.59 Å². The van der Waals surface area contributed by atoms with Crippen LogP contribution in [-0.2, 0) is 11.2 Å². The first-order chi connectivity index (χ1) is 13.5. The molecule has 2 heterocycles. The van der Waals surface area contributed by atoms with Crippen molar-refractivity contribution in [2.75, 3.05) is 11.4 Å². The zero-order valence-electron chi connectivity index (χ0n) is 16.2. The van der Waals surface area contributed by atoms with E-state index >= 15 is 0 Å². The summed E-state index contributed by atoms with van der Waals surface area (Å²) in [5, 5.41) is 9.52. The number of Topliss-reactive ketones (excluding diaryl/α,β-unsaturated/α-hetero) is 1. The molecular weight excluding hydrogens is 372 g/mol. The minimum atomic E-state index is -0.225. The lowest BCUT2D eigenvalue weighted by atomic mass is 10.0. The molecule has 0 radical (unpaired) electrons. The summed E-state index contributed by atoms with van der Waals surface area (Å²) in [5.41, 5.74) is 2.73. The Hall–Kier alpha value is -2.15. The van der Waals surface area contributed by atoms with Crippen LogP contribution in [0.25, 0.3) is 0 Å². The van der Waals surface area contributed by atoms with Gasteiger partial charge in [-0.15, -0.1) is 10.2 Å². The SMILES string of the molecule is CC(=O)N1CCc2cc(C(=O)C(C)Sc3nnc(C4CC4)n3C3CC3)ccc21. The Morgan fingerprint density at radius 3 is 2.64 bits per heavy atom. The second-order valence-corrected chi connectivity index (χ2v) is 9.41. The average molecular weight is 397 g/mol. The van der Waals surface area contributed by atoms with Crippen molar-refractivity contribution in [3.63, 3.8) is 0 Å². The molecule has 1 atom stereocenters. The van der Waals surface area contributed by atoms with Crippen molar-refractivity contribution < 1.29 is 9.59 Å². The summed E-state index contributed by atoms with van der Waals surface area (Å²) >= 11 is 1.52. The van der Waals surface area contributed by atoms with E-state index in [1.54, 1.807) is 11.8 Å². The molecule has 2 fully saturated rings. The summed E-state index contributed by atoms with van der Waals surface area (Å²) in [5.74, 6) is 1.83. The maximum atomic E-state index is 13.1. The lowest BCUT2D eigenvalue weighted by Gasteiger charge is -2.15. The number of carbonyl (C=O) groups is 2. The van der Waals surface area contributed by atoms with Gasteiger partial charge >= 0.3 is 0 Å². The number of carbonyl (C=O) groups excluding carboxylic acids is 2. The molecule has 2 saturated carbocycles. The van der Waals surface area contributed by atoms with Crippen molar-refractivity contribution in [1.82, 2.24) is 14.8 Å². The normalized spacial score (nSPS) is 19.6. The van der Waals surface area contributed by atoms with Crippen LogP contribution < -0.4 is 4.90 Å². The lowest BCUT2D eigenvalue weighted by Crippen LogP contribution is -2.25. The molecule has 2 aromatic rings. The van der Waals surface area contributed by atoms with Crippen molar-refractivity contribution in [1.29, 1.82) is 0 Å². The van der Waals surface area contributed by atoms with Crippen LogP contribution in [0.4, 0.5) is 5.69 Å². The standard InChI is InChI=1S/C21H24N4O2S/c1-12(28-21-23-22-20(14-3-4-14)25(21)17-6-7-17)19(27)16-5-8-18-15(11-16)9-10-24(18)13(2)26/h5,8,11-12,14,17H,3-4,6-7,9-10H2,1-2H3. The van der Waals surface area contributed by atoms with E-state index in [2.05, 4.69) is 14.8 Å². The van der Waals surface area contributed by atoms with Gasteiger partial charge < -0.3 is 9.47 Å². The van der Waals surface area contributed by atoms with Crippen LogP contribution in [0.3, 0.4) is 0 Å². The Morgan fingerprint density at radius 2 is 1.96 bits per heavy atom. The molecule has 1 amide bonds. The van der Waals surface area contributed by atoms with Gasteiger partial charge in [0, 0.05) is 36.7 Å². The summed E-state index contributed by atoms with van der Waals surface area (Å²) in [7, 11) is 0. The van der Waals surface area contributed by atoms with Gasteiger partial charge in [-0.1, -0.05) is 11.8 Å². The van der Waals surface area contributed by atoms with Crippen molar-refractivity contribution in [3.8, 4) is 0 Å². The van der Waals surface area contributed by atoms with Gasteiger partial charge in [-0.2, -0.15) is 0 Å². The van der Waals surface area contributed by atoms with E-state index in [1.165, 1.54) is 37.4 Å². The van der Waals surface area contributed by atoms with Gasteiger partial charge in [0.15, 0.2) is 10.9 Å². The van der Waals surface area contributed by atoms with Gasteiger partial charge in [-0.25, -0.2) is 0 Å². The fourth-order valence-corrected chi connectivity index (χ4v) is 5.00. The molecule has 5 rings (SSSR count). The molecule has 6 nitrogen and oxygen atoms in total. The Labute approximate surface area is 168 Å². The number of rotatable bonds is 6. The van der Waals surface area contributed by atoms with Crippen molar-refractivity contribution >= 4 is 29.1 Å². The molecule has 3 aliphatic rings. The number of hydrogen-bond acceptors (Lipinski definition) is 5. The molecule has 0 N–H and O–H groups in total. The van der Waals surface area contributed by atoms with Gasteiger partial charge in [-0.3, -0.25) is 9.59 Å². The van der Waals surface area contributed by atoms with Gasteiger partial charge in [0.05, 0.1) is 5.25 Å². The second kappa shape index (κ2) is 6.72. The zero-order valence-corrected chi connectivity index (χ0v) is 17.0. The highest BCUT2D eigenvalue weighted by atomic mass is 32.2. The summed E-state index contributed by atoms with van der Waals surface area (Å²) in [4.78, 5) is 26.6. The quantitative estimate of drug-likeness (QED) is 0.549. The van der Waals surface area contributed by atoms with Gasteiger partial charge in [0.1, 0.15) is 5.82 Å². The number of anilines is 1. The van der Waals surface area contributed by atoms with Crippen LogP contribution in [0, 0.1) is 0 Å². The molecule has 28 heavy (non-hydrogen) atoms. The van der Waals surface area contributed by atoms with Crippen LogP contribution in [-0.4, -0.2) is 38.2 Å². The van der Waals surface area contributed by atoms with Crippen LogP contribution in [0.15, 0.2) is 23.4 Å². The Kier molecular flexibility index (Phi) is 4.30. The van der Waals surface area contributed by atoms with Gasteiger partial charge in [-0.05, 0) is 62.8 Å². The molecule has 7 heteroatoms. The Balaban J connectivity index is 1.35. The van der Waals surface area contributed by atoms with Crippen LogP contribution >= 0.6 is 11.8 Å². The molecule has 1 aromatic heterocycles. The molecule has 1 aliphatic heterocycles. The number of thioether (sulfide) groups is 1. The highest BCUT2D eigenvalue weighted by Gasteiger charge is 2.37. The maximum Gasteiger partial charge on any atom is 0.223 e. The summed E-state index contributed by atoms with van der Waals surface area (Å²) in [6.07, 6.45) is 5.58. The molecule has 146 valence electrons. The number of benzene rings is 1. The molecule has 0 saturated heterocycles. The molecule has 2 aliphatic carbocycles. The predicted octanol–water partition coefficient (Wildman–Crippen LogP) is 3.76. The van der Waals surface area contributed by atoms with Crippen LogP contribution in [0.1, 0.15) is 73.2 Å².